The fraction of sp³-hybridized carbons (Fsp3) is 0.556. The van der Waals surface area contributed by atoms with Gasteiger partial charge in [-0.05, 0) is 13.8 Å². The Kier molecular flexibility index (Phi) is 4.79. The number of hydrogen-bond acceptors (Lipinski definition) is 4. The van der Waals surface area contributed by atoms with Gasteiger partial charge < -0.3 is 5.32 Å². The summed E-state index contributed by atoms with van der Waals surface area (Å²) in [4.78, 5) is 0.583. The maximum atomic E-state index is 9.01. The van der Waals surface area contributed by atoms with E-state index in [2.05, 4.69) is 11.4 Å². The predicted octanol–water partition coefficient (Wildman–Crippen LogP) is 2.53. The molecule has 0 spiro atoms. The van der Waals surface area contributed by atoms with Gasteiger partial charge in [0, 0.05) is 17.5 Å². The molecule has 1 fully saturated rings. The average molecular weight is 244 g/mol. The molecule has 1 aliphatic heterocycles. The summed E-state index contributed by atoms with van der Waals surface area (Å²) in [7, 11) is 0. The quantitative estimate of drug-likeness (QED) is 0.459. The summed E-state index contributed by atoms with van der Waals surface area (Å²) in [5.41, 5.74) is 0.640. The first kappa shape index (κ1) is 11.9. The second-order valence-corrected chi connectivity index (χ2v) is 5.98. The molecule has 1 heterocycles. The highest BCUT2D eigenvalue weighted by atomic mass is 32.2. The van der Waals surface area contributed by atoms with Gasteiger partial charge in [0.2, 0.25) is 0 Å². The smallest absolute Gasteiger partial charge is 0.119 e. The van der Waals surface area contributed by atoms with Crippen LogP contribution in [0.2, 0.25) is 0 Å². The molecule has 0 bridgehead atoms. The number of nitrogens with zero attached hydrogens (tertiary/aromatic N) is 1. The molecule has 5 heteroatoms. The summed E-state index contributed by atoms with van der Waals surface area (Å²) < 4.78 is 1.07. The lowest BCUT2D eigenvalue weighted by Crippen LogP contribution is -2.29. The zero-order valence-corrected chi connectivity index (χ0v) is 10.6. The van der Waals surface area contributed by atoms with Crippen molar-refractivity contribution in [3.63, 3.8) is 0 Å². The molecule has 0 aliphatic carbocycles. The zero-order valence-electron chi connectivity index (χ0n) is 8.16. The number of nitrogens with one attached hydrogen (secondary N) is 1. The van der Waals surface area contributed by atoms with E-state index in [1.807, 2.05) is 13.8 Å². The van der Waals surface area contributed by atoms with Crippen LogP contribution in [-0.2, 0) is 0 Å². The second kappa shape index (κ2) is 5.64. The minimum Gasteiger partial charge on any atom is -0.373 e. The Morgan fingerprint density at radius 3 is 2.50 bits per heavy atom. The summed E-state index contributed by atoms with van der Waals surface area (Å²) >= 11 is 8.62. The number of thiocarbonyl (C=S) groups is 1. The molecule has 0 unspecified atom stereocenters. The topological polar surface area (TPSA) is 35.8 Å². The molecule has 1 rings (SSSR count). The van der Waals surface area contributed by atoms with Crippen molar-refractivity contribution in [1.82, 2.24) is 5.32 Å². The highest BCUT2D eigenvalue weighted by Gasteiger charge is 2.17. The number of thioether (sulfide) groups is 2. The van der Waals surface area contributed by atoms with E-state index >= 15 is 0 Å². The molecule has 0 saturated carbocycles. The third-order valence-electron chi connectivity index (χ3n) is 1.51. The molecular weight excluding hydrogens is 232 g/mol. The van der Waals surface area contributed by atoms with Crippen LogP contribution in [0.25, 0.3) is 0 Å². The van der Waals surface area contributed by atoms with E-state index in [1.165, 1.54) is 0 Å². The first-order valence-electron chi connectivity index (χ1n) is 4.36. The van der Waals surface area contributed by atoms with Crippen molar-refractivity contribution in [2.45, 2.75) is 19.9 Å². The Morgan fingerprint density at radius 1 is 1.50 bits per heavy atom. The van der Waals surface area contributed by atoms with Gasteiger partial charge in [-0.2, -0.15) is 5.26 Å². The van der Waals surface area contributed by atoms with Gasteiger partial charge in [-0.25, -0.2) is 0 Å². The van der Waals surface area contributed by atoms with Gasteiger partial charge in [-0.3, -0.25) is 0 Å². The zero-order chi connectivity index (χ0) is 10.6. The predicted molar refractivity (Wildman–Crippen MR) is 68.4 cm³/mol. The molecular formula is C9H12N2S3. The first-order chi connectivity index (χ1) is 6.65. The molecule has 1 N–H and O–H groups in total. The summed E-state index contributed by atoms with van der Waals surface area (Å²) in [6.45, 7) is 4.03. The summed E-state index contributed by atoms with van der Waals surface area (Å²) in [5.74, 6) is 2.16. The van der Waals surface area contributed by atoms with Gasteiger partial charge in [0.1, 0.15) is 16.6 Å². The van der Waals surface area contributed by atoms with Crippen LogP contribution in [-0.4, -0.2) is 22.5 Å². The van der Waals surface area contributed by atoms with Crippen molar-refractivity contribution < 1.29 is 0 Å². The Balaban J connectivity index is 2.76. The molecule has 0 aromatic carbocycles. The molecule has 0 aromatic rings. The lowest BCUT2D eigenvalue weighted by Gasteiger charge is -2.10. The van der Waals surface area contributed by atoms with Crippen molar-refractivity contribution in [3.8, 4) is 6.07 Å². The van der Waals surface area contributed by atoms with Crippen LogP contribution in [0, 0.1) is 11.3 Å². The molecule has 2 nitrogen and oxygen atoms in total. The number of nitriles is 1. The number of hydrogen-bond donors (Lipinski definition) is 1. The standard InChI is InChI=1S/C9H12N2S3/c1-6(2)11-8(12)7(5-10)9-13-3-4-14-9/h6H,3-4H2,1-2H3,(H,11,12). The lowest BCUT2D eigenvalue weighted by atomic mass is 10.3. The maximum Gasteiger partial charge on any atom is 0.119 e. The Bertz CT molecular complexity index is 294. The average Bonchev–Trinajstić information content (AvgIpc) is 2.57. The van der Waals surface area contributed by atoms with Crippen LogP contribution < -0.4 is 5.32 Å². The summed E-state index contributed by atoms with van der Waals surface area (Å²) in [6.07, 6.45) is 0. The largest absolute Gasteiger partial charge is 0.373 e. The van der Waals surface area contributed by atoms with Gasteiger partial charge in [0.05, 0.1) is 4.24 Å². The summed E-state index contributed by atoms with van der Waals surface area (Å²) in [5, 5.41) is 12.1. The van der Waals surface area contributed by atoms with E-state index in [9.17, 15) is 0 Å². The van der Waals surface area contributed by atoms with E-state index < -0.39 is 0 Å². The van der Waals surface area contributed by atoms with Gasteiger partial charge in [0.15, 0.2) is 0 Å². The molecule has 1 aliphatic rings. The normalized spacial score (nSPS) is 15.4. The van der Waals surface area contributed by atoms with Gasteiger partial charge in [0.25, 0.3) is 0 Å². The molecule has 1 saturated heterocycles. The molecule has 0 aromatic heterocycles. The van der Waals surface area contributed by atoms with Crippen molar-refractivity contribution in [2.75, 3.05) is 11.5 Å². The minimum atomic E-state index is 0.280. The molecule has 14 heavy (non-hydrogen) atoms. The van der Waals surface area contributed by atoms with Gasteiger partial charge in [-0.1, -0.05) is 12.2 Å². The van der Waals surface area contributed by atoms with Crippen molar-refractivity contribution in [3.05, 3.63) is 9.81 Å². The number of rotatable bonds is 2. The van der Waals surface area contributed by atoms with Gasteiger partial charge in [-0.15, -0.1) is 23.5 Å². The Labute approximate surface area is 98.5 Å². The van der Waals surface area contributed by atoms with E-state index in [0.29, 0.717) is 10.6 Å². The Hall–Kier alpha value is -0.180. The molecule has 0 atom stereocenters. The van der Waals surface area contributed by atoms with E-state index in [4.69, 9.17) is 17.5 Å². The molecule has 0 amide bonds. The highest BCUT2D eigenvalue weighted by Crippen LogP contribution is 2.38. The van der Waals surface area contributed by atoms with Crippen molar-refractivity contribution >= 4 is 40.7 Å². The Morgan fingerprint density at radius 2 is 2.07 bits per heavy atom. The van der Waals surface area contributed by atoms with E-state index in [-0.39, 0.29) is 6.04 Å². The minimum absolute atomic E-state index is 0.280. The second-order valence-electron chi connectivity index (χ2n) is 3.10. The third-order valence-corrected chi connectivity index (χ3v) is 4.55. The van der Waals surface area contributed by atoms with Crippen molar-refractivity contribution in [1.29, 1.82) is 5.26 Å². The first-order valence-corrected chi connectivity index (χ1v) is 6.74. The van der Waals surface area contributed by atoms with Gasteiger partial charge >= 0.3 is 0 Å². The fourth-order valence-electron chi connectivity index (χ4n) is 0.978. The van der Waals surface area contributed by atoms with E-state index in [1.54, 1.807) is 23.5 Å². The monoisotopic (exact) mass is 244 g/mol. The lowest BCUT2D eigenvalue weighted by molar-refractivity contribution is 0.741. The fourth-order valence-corrected chi connectivity index (χ4v) is 3.95. The van der Waals surface area contributed by atoms with Crippen molar-refractivity contribution in [2.24, 2.45) is 0 Å². The third kappa shape index (κ3) is 3.19. The van der Waals surface area contributed by atoms with E-state index in [0.717, 1.165) is 15.7 Å². The SMILES string of the molecule is CC(C)NC(=S)C(C#N)=C1SCCS1. The van der Waals surface area contributed by atoms with Crippen LogP contribution in [0.3, 0.4) is 0 Å². The molecule has 0 radical (unpaired) electrons. The van der Waals surface area contributed by atoms with Crippen LogP contribution in [0.4, 0.5) is 0 Å². The van der Waals surface area contributed by atoms with Crippen LogP contribution in [0.15, 0.2) is 9.81 Å². The molecule has 76 valence electrons. The van der Waals surface area contributed by atoms with Crippen LogP contribution in [0.1, 0.15) is 13.8 Å². The van der Waals surface area contributed by atoms with Crippen LogP contribution in [0.5, 0.6) is 0 Å². The summed E-state index contributed by atoms with van der Waals surface area (Å²) in [6, 6.07) is 2.46. The highest BCUT2D eigenvalue weighted by molar-refractivity contribution is 8.25. The maximum absolute atomic E-state index is 9.01. The van der Waals surface area contributed by atoms with Crippen LogP contribution >= 0.6 is 35.7 Å².